The fourth-order valence-electron chi connectivity index (χ4n) is 2.65. The lowest BCUT2D eigenvalue weighted by atomic mass is 10.1. The fourth-order valence-corrected chi connectivity index (χ4v) is 3.48. The number of hydrogen-bond donors (Lipinski definition) is 2. The standard InChI is InChI=1S/C19H23N7OS/c1-3-26-17(15-8-5-4-7-14(15)2)24-25-19(26)28-13-16(27)20-11-12-23-18-21-9-6-10-22-18/h4-10H,3,11-13H2,1-2H3,(H,20,27)(H,21,22,23). The molecule has 9 heteroatoms. The molecule has 0 saturated carbocycles. The number of amides is 1. The average Bonchev–Trinajstić information content (AvgIpc) is 3.13. The zero-order valence-electron chi connectivity index (χ0n) is 15.9. The molecule has 0 atom stereocenters. The van der Waals surface area contributed by atoms with Crippen molar-refractivity contribution in [2.45, 2.75) is 25.5 Å². The van der Waals surface area contributed by atoms with Crippen LogP contribution in [-0.2, 0) is 11.3 Å². The van der Waals surface area contributed by atoms with Crippen LogP contribution in [0.5, 0.6) is 0 Å². The molecule has 0 fully saturated rings. The Bertz CT molecular complexity index is 914. The largest absolute Gasteiger partial charge is 0.354 e. The number of thioether (sulfide) groups is 1. The third kappa shape index (κ3) is 5.07. The molecule has 8 nitrogen and oxygen atoms in total. The zero-order valence-corrected chi connectivity index (χ0v) is 16.7. The van der Waals surface area contributed by atoms with Crippen LogP contribution in [0.3, 0.4) is 0 Å². The van der Waals surface area contributed by atoms with Gasteiger partial charge in [-0.05, 0) is 25.5 Å². The zero-order chi connectivity index (χ0) is 19.8. The van der Waals surface area contributed by atoms with Crippen LogP contribution in [0.15, 0.2) is 47.9 Å². The quantitative estimate of drug-likeness (QED) is 0.423. The molecular weight excluding hydrogens is 374 g/mol. The van der Waals surface area contributed by atoms with E-state index >= 15 is 0 Å². The molecule has 0 radical (unpaired) electrons. The van der Waals surface area contributed by atoms with Gasteiger partial charge in [0.05, 0.1) is 5.75 Å². The van der Waals surface area contributed by atoms with Crippen molar-refractivity contribution in [2.75, 3.05) is 24.2 Å². The van der Waals surface area contributed by atoms with Crippen LogP contribution in [0.1, 0.15) is 12.5 Å². The summed E-state index contributed by atoms with van der Waals surface area (Å²) in [6, 6.07) is 9.84. The van der Waals surface area contributed by atoms with Gasteiger partial charge in [-0.15, -0.1) is 10.2 Å². The molecule has 1 amide bonds. The van der Waals surface area contributed by atoms with Gasteiger partial charge in [0, 0.05) is 37.6 Å². The van der Waals surface area contributed by atoms with Crippen LogP contribution in [0.25, 0.3) is 11.4 Å². The van der Waals surface area contributed by atoms with Crippen molar-refractivity contribution < 1.29 is 4.79 Å². The summed E-state index contributed by atoms with van der Waals surface area (Å²) in [5, 5.41) is 15.3. The van der Waals surface area contributed by atoms with Crippen LogP contribution >= 0.6 is 11.8 Å². The van der Waals surface area contributed by atoms with Gasteiger partial charge in [0.15, 0.2) is 11.0 Å². The minimum Gasteiger partial charge on any atom is -0.354 e. The number of aromatic nitrogens is 5. The Kier molecular flexibility index (Phi) is 6.96. The highest BCUT2D eigenvalue weighted by Gasteiger charge is 2.15. The summed E-state index contributed by atoms with van der Waals surface area (Å²) >= 11 is 1.39. The van der Waals surface area contributed by atoms with Gasteiger partial charge in [0.1, 0.15) is 0 Å². The lowest BCUT2D eigenvalue weighted by Gasteiger charge is -2.09. The maximum absolute atomic E-state index is 12.1. The number of carbonyl (C=O) groups excluding carboxylic acids is 1. The van der Waals surface area contributed by atoms with Crippen molar-refractivity contribution in [1.29, 1.82) is 0 Å². The molecule has 0 aliphatic rings. The summed E-state index contributed by atoms with van der Waals surface area (Å²) in [4.78, 5) is 20.2. The second-order valence-corrected chi connectivity index (χ2v) is 6.95. The second kappa shape index (κ2) is 9.84. The minimum atomic E-state index is -0.0520. The number of aryl methyl sites for hydroxylation is 1. The van der Waals surface area contributed by atoms with Gasteiger partial charge in [-0.3, -0.25) is 4.79 Å². The van der Waals surface area contributed by atoms with E-state index in [4.69, 9.17) is 0 Å². The number of anilines is 1. The maximum atomic E-state index is 12.1. The smallest absolute Gasteiger partial charge is 0.230 e. The summed E-state index contributed by atoms with van der Waals surface area (Å²) in [6.07, 6.45) is 3.33. The highest BCUT2D eigenvalue weighted by Crippen LogP contribution is 2.26. The summed E-state index contributed by atoms with van der Waals surface area (Å²) < 4.78 is 2.04. The molecule has 1 aromatic carbocycles. The van der Waals surface area contributed by atoms with Crippen molar-refractivity contribution in [2.24, 2.45) is 0 Å². The van der Waals surface area contributed by atoms with E-state index in [-0.39, 0.29) is 11.7 Å². The normalized spacial score (nSPS) is 10.6. The molecule has 2 N–H and O–H groups in total. The van der Waals surface area contributed by atoms with Gasteiger partial charge in [-0.2, -0.15) is 0 Å². The Hall–Kier alpha value is -2.94. The number of hydrogen-bond acceptors (Lipinski definition) is 7. The summed E-state index contributed by atoms with van der Waals surface area (Å²) in [5.41, 5.74) is 2.20. The van der Waals surface area contributed by atoms with Crippen molar-refractivity contribution in [3.8, 4) is 11.4 Å². The summed E-state index contributed by atoms with van der Waals surface area (Å²) in [6.45, 7) is 5.89. The van der Waals surface area contributed by atoms with E-state index in [1.165, 1.54) is 11.8 Å². The Morgan fingerprint density at radius 1 is 1.11 bits per heavy atom. The fraction of sp³-hybridized carbons (Fsp3) is 0.316. The van der Waals surface area contributed by atoms with Crippen LogP contribution in [-0.4, -0.2) is 49.5 Å². The van der Waals surface area contributed by atoms with E-state index in [2.05, 4.69) is 43.8 Å². The highest BCUT2D eigenvalue weighted by molar-refractivity contribution is 7.99. The molecule has 0 unspecified atom stereocenters. The molecule has 0 bridgehead atoms. The van der Waals surface area contributed by atoms with Crippen molar-refractivity contribution in [3.05, 3.63) is 48.3 Å². The molecule has 0 aliphatic carbocycles. The van der Waals surface area contributed by atoms with E-state index < -0.39 is 0 Å². The first-order valence-electron chi connectivity index (χ1n) is 9.08. The van der Waals surface area contributed by atoms with Gasteiger partial charge >= 0.3 is 0 Å². The van der Waals surface area contributed by atoms with Gasteiger partial charge in [0.25, 0.3) is 0 Å². The SMILES string of the molecule is CCn1c(SCC(=O)NCCNc2ncccn2)nnc1-c1ccccc1C. The predicted molar refractivity (Wildman–Crippen MR) is 110 cm³/mol. The van der Waals surface area contributed by atoms with Crippen LogP contribution < -0.4 is 10.6 Å². The van der Waals surface area contributed by atoms with Crippen molar-refractivity contribution >= 4 is 23.6 Å². The van der Waals surface area contributed by atoms with E-state index in [0.717, 1.165) is 28.7 Å². The minimum absolute atomic E-state index is 0.0520. The number of nitrogens with one attached hydrogen (secondary N) is 2. The number of carbonyl (C=O) groups is 1. The number of benzene rings is 1. The van der Waals surface area contributed by atoms with Crippen LogP contribution in [0.4, 0.5) is 5.95 Å². The highest BCUT2D eigenvalue weighted by atomic mass is 32.2. The molecule has 0 saturated heterocycles. The van der Waals surface area contributed by atoms with E-state index in [0.29, 0.717) is 19.0 Å². The second-order valence-electron chi connectivity index (χ2n) is 6.00. The maximum Gasteiger partial charge on any atom is 0.230 e. The van der Waals surface area contributed by atoms with Crippen LogP contribution in [0.2, 0.25) is 0 Å². The lowest BCUT2D eigenvalue weighted by molar-refractivity contribution is -0.118. The molecule has 28 heavy (non-hydrogen) atoms. The third-order valence-corrected chi connectivity index (χ3v) is 5.01. The summed E-state index contributed by atoms with van der Waals surface area (Å²) in [5.74, 6) is 1.61. The number of rotatable bonds is 9. The monoisotopic (exact) mass is 397 g/mol. The topological polar surface area (TPSA) is 97.6 Å². The van der Waals surface area contributed by atoms with Gasteiger partial charge < -0.3 is 15.2 Å². The van der Waals surface area contributed by atoms with Gasteiger partial charge in [-0.25, -0.2) is 9.97 Å². The molecule has 0 aliphatic heterocycles. The summed E-state index contributed by atoms with van der Waals surface area (Å²) in [7, 11) is 0. The van der Waals surface area contributed by atoms with E-state index in [1.807, 2.05) is 29.7 Å². The molecule has 3 aromatic rings. The predicted octanol–water partition coefficient (Wildman–Crippen LogP) is 2.38. The Labute approximate surface area is 168 Å². The van der Waals surface area contributed by atoms with Gasteiger partial charge in [-0.1, -0.05) is 36.0 Å². The Morgan fingerprint density at radius 2 is 1.89 bits per heavy atom. The first-order valence-corrected chi connectivity index (χ1v) is 10.1. The van der Waals surface area contributed by atoms with Crippen molar-refractivity contribution in [1.82, 2.24) is 30.0 Å². The Morgan fingerprint density at radius 3 is 2.64 bits per heavy atom. The molecular formula is C19H23N7OS. The van der Waals surface area contributed by atoms with Gasteiger partial charge in [0.2, 0.25) is 11.9 Å². The van der Waals surface area contributed by atoms with E-state index in [1.54, 1.807) is 18.5 Å². The lowest BCUT2D eigenvalue weighted by Crippen LogP contribution is -2.30. The molecule has 2 heterocycles. The van der Waals surface area contributed by atoms with Crippen LogP contribution in [0, 0.1) is 6.92 Å². The Balaban J connectivity index is 1.50. The third-order valence-electron chi connectivity index (χ3n) is 4.05. The van der Waals surface area contributed by atoms with E-state index in [9.17, 15) is 4.79 Å². The molecule has 3 rings (SSSR count). The first kappa shape index (κ1) is 19.8. The molecule has 0 spiro atoms. The molecule has 146 valence electrons. The number of nitrogens with zero attached hydrogens (tertiary/aromatic N) is 5. The first-order chi connectivity index (χ1) is 13.7. The molecule has 2 aromatic heterocycles. The van der Waals surface area contributed by atoms with Crippen molar-refractivity contribution in [3.63, 3.8) is 0 Å². The average molecular weight is 398 g/mol.